The smallest absolute Gasteiger partial charge is 0.162 e. The van der Waals surface area contributed by atoms with Gasteiger partial charge in [-0.15, -0.1) is 11.3 Å². The fourth-order valence-corrected chi connectivity index (χ4v) is 5.40. The summed E-state index contributed by atoms with van der Waals surface area (Å²) >= 11 is 1.84. The second kappa shape index (κ2) is 9.99. The number of benzene rings is 2. The molecule has 0 fully saturated rings. The third-order valence-electron chi connectivity index (χ3n) is 5.78. The van der Waals surface area contributed by atoms with E-state index in [1.807, 2.05) is 30.4 Å². The minimum absolute atomic E-state index is 0.0732. The summed E-state index contributed by atoms with van der Waals surface area (Å²) in [6, 6.07) is 14.9. The Morgan fingerprint density at radius 1 is 1.00 bits per heavy atom. The standard InChI is InChI=1S/C27H32N4O2S/c1-16-12-25(34-26(16)20-11-9-8-10-19(20)15-31(4)5)17(2)28-27-21-13-23(32-6)24(33-7)14-22(21)29-18(3)30-27/h8-14,17H,15H2,1-7H3,(H,28,29,30). The van der Waals surface area contributed by atoms with Gasteiger partial charge < -0.3 is 19.7 Å². The van der Waals surface area contributed by atoms with E-state index in [1.165, 1.54) is 26.4 Å². The summed E-state index contributed by atoms with van der Waals surface area (Å²) in [5, 5.41) is 4.53. The predicted molar refractivity (Wildman–Crippen MR) is 141 cm³/mol. The SMILES string of the molecule is COc1cc2nc(C)nc(NC(C)c3cc(C)c(-c4ccccc4CN(C)C)s3)c2cc1OC. The average Bonchev–Trinajstić information content (AvgIpc) is 3.19. The van der Waals surface area contributed by atoms with Crippen molar-refractivity contribution in [2.75, 3.05) is 33.6 Å². The number of rotatable bonds is 8. The van der Waals surface area contributed by atoms with E-state index in [4.69, 9.17) is 14.5 Å². The van der Waals surface area contributed by atoms with Crippen LogP contribution < -0.4 is 14.8 Å². The Bertz CT molecular complexity index is 1320. The Labute approximate surface area is 205 Å². The highest BCUT2D eigenvalue weighted by Gasteiger charge is 2.18. The normalized spacial score (nSPS) is 12.2. The summed E-state index contributed by atoms with van der Waals surface area (Å²) in [6.45, 7) is 7.18. The number of methoxy groups -OCH3 is 2. The van der Waals surface area contributed by atoms with Crippen molar-refractivity contribution in [3.05, 3.63) is 64.3 Å². The van der Waals surface area contributed by atoms with Gasteiger partial charge in [-0.3, -0.25) is 0 Å². The van der Waals surface area contributed by atoms with Gasteiger partial charge in [-0.1, -0.05) is 24.3 Å². The Balaban J connectivity index is 1.69. The molecule has 0 amide bonds. The van der Waals surface area contributed by atoms with E-state index < -0.39 is 0 Å². The number of thiophene rings is 1. The molecule has 34 heavy (non-hydrogen) atoms. The van der Waals surface area contributed by atoms with E-state index in [9.17, 15) is 0 Å². The lowest BCUT2D eigenvalue weighted by Crippen LogP contribution is -2.11. The first-order valence-electron chi connectivity index (χ1n) is 11.3. The molecular formula is C27H32N4O2S. The number of aryl methyl sites for hydroxylation is 2. The van der Waals surface area contributed by atoms with Gasteiger partial charge in [0.2, 0.25) is 0 Å². The van der Waals surface area contributed by atoms with E-state index >= 15 is 0 Å². The van der Waals surface area contributed by atoms with Crippen molar-refractivity contribution in [2.45, 2.75) is 33.4 Å². The minimum Gasteiger partial charge on any atom is -0.493 e. The van der Waals surface area contributed by atoms with Crippen molar-refractivity contribution in [2.24, 2.45) is 0 Å². The second-order valence-electron chi connectivity index (χ2n) is 8.77. The average molecular weight is 477 g/mol. The summed E-state index contributed by atoms with van der Waals surface area (Å²) in [5.41, 5.74) is 4.75. The van der Waals surface area contributed by atoms with Crippen molar-refractivity contribution in [1.29, 1.82) is 0 Å². The number of aromatic nitrogens is 2. The van der Waals surface area contributed by atoms with Crippen molar-refractivity contribution < 1.29 is 9.47 Å². The maximum absolute atomic E-state index is 5.52. The highest BCUT2D eigenvalue weighted by molar-refractivity contribution is 7.15. The molecule has 178 valence electrons. The number of anilines is 1. The lowest BCUT2D eigenvalue weighted by molar-refractivity contribution is 0.356. The molecule has 7 heteroatoms. The van der Waals surface area contributed by atoms with Crippen LogP contribution >= 0.6 is 11.3 Å². The molecule has 4 rings (SSSR count). The monoisotopic (exact) mass is 476 g/mol. The Morgan fingerprint density at radius 3 is 2.41 bits per heavy atom. The molecule has 2 aromatic carbocycles. The molecule has 4 aromatic rings. The number of nitrogens with one attached hydrogen (secondary N) is 1. The van der Waals surface area contributed by atoms with E-state index in [-0.39, 0.29) is 6.04 Å². The van der Waals surface area contributed by atoms with Gasteiger partial charge >= 0.3 is 0 Å². The summed E-state index contributed by atoms with van der Waals surface area (Å²) in [7, 11) is 7.48. The molecule has 2 aromatic heterocycles. The van der Waals surface area contributed by atoms with Crippen LogP contribution in [-0.4, -0.2) is 43.2 Å². The first-order chi connectivity index (χ1) is 16.3. The van der Waals surface area contributed by atoms with E-state index in [1.54, 1.807) is 14.2 Å². The number of fused-ring (bicyclic) bond motifs is 1. The van der Waals surface area contributed by atoms with E-state index in [2.05, 4.69) is 73.5 Å². The van der Waals surface area contributed by atoms with Gasteiger partial charge in [0.25, 0.3) is 0 Å². The molecule has 6 nitrogen and oxygen atoms in total. The summed E-state index contributed by atoms with van der Waals surface area (Å²) < 4.78 is 11.0. The molecule has 2 heterocycles. The van der Waals surface area contributed by atoms with E-state index in [0.29, 0.717) is 17.3 Å². The van der Waals surface area contributed by atoms with Gasteiger partial charge in [0, 0.05) is 27.8 Å². The lowest BCUT2D eigenvalue weighted by atomic mass is 10.0. The topological polar surface area (TPSA) is 59.5 Å². The molecule has 0 aliphatic rings. The van der Waals surface area contributed by atoms with E-state index in [0.717, 1.165) is 23.3 Å². The second-order valence-corrected chi connectivity index (χ2v) is 9.85. The van der Waals surface area contributed by atoms with Gasteiger partial charge in [0.05, 0.1) is 25.8 Å². The highest BCUT2D eigenvalue weighted by atomic mass is 32.1. The minimum atomic E-state index is 0.0732. The Kier molecular flexibility index (Phi) is 7.05. The van der Waals surface area contributed by atoms with Gasteiger partial charge in [-0.25, -0.2) is 9.97 Å². The summed E-state index contributed by atoms with van der Waals surface area (Å²) in [5.74, 6) is 2.80. The van der Waals surface area contributed by atoms with Crippen molar-refractivity contribution >= 4 is 28.1 Å². The van der Waals surface area contributed by atoms with Crippen LogP contribution in [0.3, 0.4) is 0 Å². The summed E-state index contributed by atoms with van der Waals surface area (Å²) in [6.07, 6.45) is 0. The van der Waals surface area contributed by atoms with Crippen LogP contribution in [0.15, 0.2) is 42.5 Å². The third-order valence-corrected chi connectivity index (χ3v) is 7.23. The summed E-state index contributed by atoms with van der Waals surface area (Å²) in [4.78, 5) is 14.1. The maximum atomic E-state index is 5.52. The fraction of sp³-hybridized carbons (Fsp3) is 0.333. The van der Waals surface area contributed by atoms with Gasteiger partial charge in [-0.05, 0) is 63.7 Å². The molecule has 0 saturated heterocycles. The van der Waals surface area contributed by atoms with Crippen molar-refractivity contribution in [1.82, 2.24) is 14.9 Å². The van der Waals surface area contributed by atoms with Gasteiger partial charge in [0.15, 0.2) is 11.5 Å². The first kappa shape index (κ1) is 24.0. The van der Waals surface area contributed by atoms with Crippen LogP contribution in [-0.2, 0) is 6.54 Å². The third kappa shape index (κ3) is 4.86. The Morgan fingerprint density at radius 2 is 1.71 bits per heavy atom. The van der Waals surface area contributed by atoms with Crippen LogP contribution in [0.4, 0.5) is 5.82 Å². The van der Waals surface area contributed by atoms with Crippen LogP contribution in [0.5, 0.6) is 11.5 Å². The first-order valence-corrected chi connectivity index (χ1v) is 12.1. The largest absolute Gasteiger partial charge is 0.493 e. The number of ether oxygens (including phenoxy) is 2. The fourth-order valence-electron chi connectivity index (χ4n) is 4.17. The van der Waals surface area contributed by atoms with Gasteiger partial charge in [0.1, 0.15) is 11.6 Å². The molecule has 1 atom stereocenters. The molecule has 0 aliphatic heterocycles. The number of hydrogen-bond acceptors (Lipinski definition) is 7. The zero-order chi connectivity index (χ0) is 24.4. The zero-order valence-electron chi connectivity index (χ0n) is 20.9. The molecule has 0 radical (unpaired) electrons. The molecule has 0 spiro atoms. The van der Waals surface area contributed by atoms with Gasteiger partial charge in [-0.2, -0.15) is 0 Å². The molecule has 1 N–H and O–H groups in total. The predicted octanol–water partition coefficient (Wildman–Crippen LogP) is 6.23. The molecule has 1 unspecified atom stereocenters. The number of nitrogens with zero attached hydrogens (tertiary/aromatic N) is 3. The maximum Gasteiger partial charge on any atom is 0.162 e. The quantitative estimate of drug-likeness (QED) is 0.325. The van der Waals surface area contributed by atoms with Crippen LogP contribution in [0.2, 0.25) is 0 Å². The van der Waals surface area contributed by atoms with Crippen LogP contribution in [0.25, 0.3) is 21.3 Å². The molecular weight excluding hydrogens is 444 g/mol. The number of hydrogen-bond donors (Lipinski definition) is 1. The van der Waals surface area contributed by atoms with Crippen LogP contribution in [0.1, 0.15) is 34.8 Å². The van der Waals surface area contributed by atoms with Crippen molar-refractivity contribution in [3.8, 4) is 21.9 Å². The Hall–Kier alpha value is -3.16. The van der Waals surface area contributed by atoms with Crippen LogP contribution in [0, 0.1) is 13.8 Å². The van der Waals surface area contributed by atoms with Crippen molar-refractivity contribution in [3.63, 3.8) is 0 Å². The zero-order valence-corrected chi connectivity index (χ0v) is 21.7. The molecule has 0 saturated carbocycles. The molecule has 0 bridgehead atoms. The molecule has 0 aliphatic carbocycles. The highest BCUT2D eigenvalue weighted by Crippen LogP contribution is 2.39. The lowest BCUT2D eigenvalue weighted by Gasteiger charge is -2.17.